The summed E-state index contributed by atoms with van der Waals surface area (Å²) in [7, 11) is 1.58. The third-order valence-electron chi connectivity index (χ3n) is 4.53. The van der Waals surface area contributed by atoms with Crippen LogP contribution in [0.3, 0.4) is 0 Å². The summed E-state index contributed by atoms with van der Waals surface area (Å²) in [6.45, 7) is 0. The normalized spacial score (nSPS) is 12.1. The van der Waals surface area contributed by atoms with E-state index < -0.39 is 0 Å². The van der Waals surface area contributed by atoms with Crippen LogP contribution in [0.2, 0.25) is 5.02 Å². The molecule has 0 aliphatic carbocycles. The number of nitrogens with zero attached hydrogens (tertiary/aromatic N) is 1. The SMILES string of the molecule is CNC(=O)c1ccccc1Nc1cc(Nc2ccc3c(c2)CC(=O)N3)ncc1Cl. The van der Waals surface area contributed by atoms with E-state index in [-0.39, 0.29) is 11.8 Å². The van der Waals surface area contributed by atoms with E-state index in [1.807, 2.05) is 24.3 Å². The second kappa shape index (κ2) is 7.81. The molecule has 2 amide bonds. The van der Waals surface area contributed by atoms with Gasteiger partial charge in [-0.25, -0.2) is 4.98 Å². The molecule has 0 saturated carbocycles. The summed E-state index contributed by atoms with van der Waals surface area (Å²) >= 11 is 6.31. The first kappa shape index (κ1) is 18.8. The molecule has 0 radical (unpaired) electrons. The molecular formula is C21H18ClN5O2. The number of amides is 2. The molecule has 0 spiro atoms. The molecule has 1 aliphatic rings. The van der Waals surface area contributed by atoms with Crippen LogP contribution in [0.15, 0.2) is 54.7 Å². The number of anilines is 5. The topological polar surface area (TPSA) is 95.2 Å². The van der Waals surface area contributed by atoms with Gasteiger partial charge in [0.2, 0.25) is 5.91 Å². The molecule has 7 nitrogen and oxygen atoms in total. The average molecular weight is 408 g/mol. The Morgan fingerprint density at radius 2 is 1.93 bits per heavy atom. The quantitative estimate of drug-likeness (QED) is 0.511. The predicted molar refractivity (Wildman–Crippen MR) is 114 cm³/mol. The molecule has 4 rings (SSSR count). The van der Waals surface area contributed by atoms with Gasteiger partial charge in [0, 0.05) is 24.5 Å². The minimum absolute atomic E-state index is 0.0111. The Hall–Kier alpha value is -3.58. The predicted octanol–water partition coefficient (Wildman–Crippen LogP) is 4.08. The van der Waals surface area contributed by atoms with Gasteiger partial charge in [0.15, 0.2) is 0 Å². The lowest BCUT2D eigenvalue weighted by molar-refractivity contribution is -0.115. The number of nitrogens with one attached hydrogen (secondary N) is 4. The monoisotopic (exact) mass is 407 g/mol. The third kappa shape index (κ3) is 4.00. The Labute approximate surface area is 172 Å². The second-order valence-electron chi connectivity index (χ2n) is 6.52. The van der Waals surface area contributed by atoms with Crippen LogP contribution in [-0.4, -0.2) is 23.8 Å². The Bertz CT molecular complexity index is 1120. The highest BCUT2D eigenvalue weighted by Crippen LogP contribution is 2.31. The number of para-hydroxylation sites is 1. The number of aromatic nitrogens is 1. The number of pyridine rings is 1. The third-order valence-corrected chi connectivity index (χ3v) is 4.83. The van der Waals surface area contributed by atoms with Crippen LogP contribution in [0, 0.1) is 0 Å². The van der Waals surface area contributed by atoms with Gasteiger partial charge in [0.25, 0.3) is 5.91 Å². The smallest absolute Gasteiger partial charge is 0.253 e. The van der Waals surface area contributed by atoms with Crippen LogP contribution in [0.25, 0.3) is 0 Å². The standard InChI is InChI=1S/C21H18ClN5O2/c1-23-21(29)14-4-2-3-5-17(14)26-18-10-19(24-11-15(18)22)25-13-6-7-16-12(8-13)9-20(28)27-16/h2-8,10-11H,9H2,1H3,(H,23,29)(H,27,28)(H2,24,25,26). The Balaban J connectivity index is 1.59. The first-order valence-corrected chi connectivity index (χ1v) is 9.35. The number of rotatable bonds is 5. The first-order valence-electron chi connectivity index (χ1n) is 8.97. The van der Waals surface area contributed by atoms with Gasteiger partial charge in [-0.3, -0.25) is 9.59 Å². The summed E-state index contributed by atoms with van der Waals surface area (Å²) in [5.74, 6) is 0.368. The van der Waals surface area contributed by atoms with Crippen molar-refractivity contribution >= 4 is 52.0 Å². The minimum atomic E-state index is -0.196. The number of hydrogen-bond acceptors (Lipinski definition) is 5. The summed E-state index contributed by atoms with van der Waals surface area (Å²) < 4.78 is 0. The average Bonchev–Trinajstić information content (AvgIpc) is 3.09. The van der Waals surface area contributed by atoms with Gasteiger partial charge in [-0.2, -0.15) is 0 Å². The van der Waals surface area contributed by atoms with E-state index in [9.17, 15) is 9.59 Å². The lowest BCUT2D eigenvalue weighted by atomic mass is 10.1. The van der Waals surface area contributed by atoms with Crippen molar-refractivity contribution in [1.82, 2.24) is 10.3 Å². The summed E-state index contributed by atoms with van der Waals surface area (Å²) in [6.07, 6.45) is 1.90. The number of halogens is 1. The first-order chi connectivity index (χ1) is 14.0. The fourth-order valence-corrected chi connectivity index (χ4v) is 3.28. The van der Waals surface area contributed by atoms with Gasteiger partial charge in [-0.15, -0.1) is 0 Å². The van der Waals surface area contributed by atoms with Gasteiger partial charge in [-0.05, 0) is 35.9 Å². The molecule has 0 atom stereocenters. The highest BCUT2D eigenvalue weighted by molar-refractivity contribution is 6.33. The molecule has 8 heteroatoms. The van der Waals surface area contributed by atoms with E-state index in [0.29, 0.717) is 34.2 Å². The molecule has 1 aromatic heterocycles. The van der Waals surface area contributed by atoms with Crippen LogP contribution in [0.1, 0.15) is 15.9 Å². The molecule has 0 saturated heterocycles. The van der Waals surface area contributed by atoms with E-state index >= 15 is 0 Å². The fraction of sp³-hybridized carbons (Fsp3) is 0.0952. The molecule has 3 aromatic rings. The van der Waals surface area contributed by atoms with Crippen molar-refractivity contribution in [3.63, 3.8) is 0 Å². The van der Waals surface area contributed by atoms with Crippen molar-refractivity contribution in [2.45, 2.75) is 6.42 Å². The van der Waals surface area contributed by atoms with Crippen LogP contribution < -0.4 is 21.3 Å². The Morgan fingerprint density at radius 1 is 1.10 bits per heavy atom. The van der Waals surface area contributed by atoms with E-state index in [2.05, 4.69) is 26.3 Å². The number of hydrogen-bond donors (Lipinski definition) is 4. The van der Waals surface area contributed by atoms with Crippen molar-refractivity contribution < 1.29 is 9.59 Å². The fourth-order valence-electron chi connectivity index (χ4n) is 3.13. The zero-order valence-electron chi connectivity index (χ0n) is 15.5. The molecule has 146 valence electrons. The zero-order valence-corrected chi connectivity index (χ0v) is 16.3. The van der Waals surface area contributed by atoms with Crippen molar-refractivity contribution in [2.75, 3.05) is 23.0 Å². The molecule has 0 bridgehead atoms. The van der Waals surface area contributed by atoms with Gasteiger partial charge in [-0.1, -0.05) is 23.7 Å². The van der Waals surface area contributed by atoms with E-state index in [4.69, 9.17) is 11.6 Å². The number of carbonyl (C=O) groups excluding carboxylic acids is 2. The molecule has 29 heavy (non-hydrogen) atoms. The van der Waals surface area contributed by atoms with Crippen molar-refractivity contribution in [1.29, 1.82) is 0 Å². The van der Waals surface area contributed by atoms with Crippen molar-refractivity contribution in [2.24, 2.45) is 0 Å². The summed E-state index contributed by atoms with van der Waals surface area (Å²) in [5.41, 5.74) is 4.33. The van der Waals surface area contributed by atoms with E-state index in [1.54, 1.807) is 31.3 Å². The maximum atomic E-state index is 12.1. The van der Waals surface area contributed by atoms with Gasteiger partial charge in [0.05, 0.1) is 34.6 Å². The van der Waals surface area contributed by atoms with Crippen LogP contribution in [0.4, 0.5) is 28.6 Å². The van der Waals surface area contributed by atoms with Crippen molar-refractivity contribution in [3.8, 4) is 0 Å². The summed E-state index contributed by atoms with van der Waals surface area (Å²) in [4.78, 5) is 27.9. The minimum Gasteiger partial charge on any atom is -0.355 e. The largest absolute Gasteiger partial charge is 0.355 e. The summed E-state index contributed by atoms with van der Waals surface area (Å²) in [5, 5.41) is 12.3. The summed E-state index contributed by atoms with van der Waals surface area (Å²) in [6, 6.07) is 14.6. The molecule has 4 N–H and O–H groups in total. The lowest BCUT2D eigenvalue weighted by Gasteiger charge is -2.14. The Kier molecular flexibility index (Phi) is 5.05. The van der Waals surface area contributed by atoms with Crippen LogP contribution in [-0.2, 0) is 11.2 Å². The molecule has 2 aromatic carbocycles. The molecular weight excluding hydrogens is 390 g/mol. The maximum absolute atomic E-state index is 12.1. The van der Waals surface area contributed by atoms with Gasteiger partial charge in [0.1, 0.15) is 5.82 Å². The molecule has 2 heterocycles. The highest BCUT2D eigenvalue weighted by Gasteiger charge is 2.17. The van der Waals surface area contributed by atoms with Gasteiger partial charge >= 0.3 is 0 Å². The molecule has 0 unspecified atom stereocenters. The highest BCUT2D eigenvalue weighted by atomic mass is 35.5. The number of benzene rings is 2. The van der Waals surface area contributed by atoms with Crippen molar-refractivity contribution in [3.05, 3.63) is 70.9 Å². The van der Waals surface area contributed by atoms with E-state index in [1.165, 1.54) is 6.20 Å². The Morgan fingerprint density at radius 3 is 2.76 bits per heavy atom. The van der Waals surface area contributed by atoms with Gasteiger partial charge < -0.3 is 21.3 Å². The zero-order chi connectivity index (χ0) is 20.4. The second-order valence-corrected chi connectivity index (χ2v) is 6.93. The van der Waals surface area contributed by atoms with Crippen LogP contribution >= 0.6 is 11.6 Å². The number of carbonyl (C=O) groups is 2. The molecule has 1 aliphatic heterocycles. The van der Waals surface area contributed by atoms with Crippen LogP contribution in [0.5, 0.6) is 0 Å². The van der Waals surface area contributed by atoms with E-state index in [0.717, 1.165) is 16.9 Å². The maximum Gasteiger partial charge on any atom is 0.253 e. The number of fused-ring (bicyclic) bond motifs is 1. The lowest BCUT2D eigenvalue weighted by Crippen LogP contribution is -2.19. The molecule has 0 fully saturated rings.